The number of benzene rings is 1. The van der Waals surface area contributed by atoms with E-state index < -0.39 is 14.9 Å². The minimum atomic E-state index is -3.70. The Balaban J connectivity index is 2.99. The van der Waals surface area contributed by atoms with Gasteiger partial charge in [0.25, 0.3) is 5.69 Å². The maximum Gasteiger partial charge on any atom is 0.271 e. The van der Waals surface area contributed by atoms with Crippen molar-refractivity contribution in [3.8, 4) is 0 Å². The number of nitrogens with zero attached hydrogens (tertiary/aromatic N) is 1. The van der Waals surface area contributed by atoms with Crippen molar-refractivity contribution < 1.29 is 13.3 Å². The van der Waals surface area contributed by atoms with E-state index in [9.17, 15) is 18.5 Å². The van der Waals surface area contributed by atoms with Gasteiger partial charge in [0.05, 0.1) is 10.6 Å². The van der Waals surface area contributed by atoms with E-state index in [1.807, 2.05) is 6.92 Å². The average Bonchev–Trinajstić information content (AvgIpc) is 2.28. The molecule has 0 atom stereocenters. The number of unbranched alkanes of at least 4 members (excludes halogenated alkanes) is 1. The molecule has 1 rings (SSSR count). The standard InChI is InChI=1S/C10H15N3O4S/c1-2-3-6-12-18(16,17)10-5-4-8(13(14)15)7-9(10)11/h4-5,7,12H,2-3,6,11H2,1H3. The molecule has 7 nitrogen and oxygen atoms in total. The van der Waals surface area contributed by atoms with Gasteiger partial charge in [-0.15, -0.1) is 0 Å². The molecule has 1 aromatic carbocycles. The van der Waals surface area contributed by atoms with Crippen molar-refractivity contribution in [1.82, 2.24) is 4.72 Å². The minimum Gasteiger partial charge on any atom is -0.397 e. The van der Waals surface area contributed by atoms with Crippen LogP contribution in [0.25, 0.3) is 0 Å². The van der Waals surface area contributed by atoms with Crippen LogP contribution in [0.4, 0.5) is 11.4 Å². The molecule has 18 heavy (non-hydrogen) atoms. The van der Waals surface area contributed by atoms with Crippen LogP contribution in [0.3, 0.4) is 0 Å². The van der Waals surface area contributed by atoms with Gasteiger partial charge in [-0.2, -0.15) is 0 Å². The number of rotatable bonds is 6. The highest BCUT2D eigenvalue weighted by Crippen LogP contribution is 2.23. The third kappa shape index (κ3) is 3.41. The Morgan fingerprint density at radius 1 is 1.44 bits per heavy atom. The van der Waals surface area contributed by atoms with Gasteiger partial charge in [0.1, 0.15) is 4.90 Å². The molecule has 0 aliphatic carbocycles. The molecule has 0 bridgehead atoms. The summed E-state index contributed by atoms with van der Waals surface area (Å²) in [6.07, 6.45) is 1.57. The van der Waals surface area contributed by atoms with Gasteiger partial charge in [-0.05, 0) is 12.5 Å². The molecule has 0 radical (unpaired) electrons. The Kier molecular flexibility index (Phi) is 4.62. The molecule has 0 saturated heterocycles. The number of nitro benzene ring substituents is 1. The first-order valence-electron chi connectivity index (χ1n) is 5.42. The van der Waals surface area contributed by atoms with E-state index in [0.29, 0.717) is 13.0 Å². The maximum absolute atomic E-state index is 11.8. The Morgan fingerprint density at radius 3 is 2.61 bits per heavy atom. The molecular weight excluding hydrogens is 258 g/mol. The van der Waals surface area contributed by atoms with Crippen molar-refractivity contribution in [2.24, 2.45) is 0 Å². The van der Waals surface area contributed by atoms with Crippen LogP contribution in [0.1, 0.15) is 19.8 Å². The molecule has 8 heteroatoms. The second kappa shape index (κ2) is 5.78. The molecule has 0 amide bonds. The fourth-order valence-electron chi connectivity index (χ4n) is 1.36. The maximum atomic E-state index is 11.8. The molecule has 0 aliphatic rings. The fraction of sp³-hybridized carbons (Fsp3) is 0.400. The van der Waals surface area contributed by atoms with Crippen LogP contribution in [0.5, 0.6) is 0 Å². The zero-order valence-corrected chi connectivity index (χ0v) is 10.7. The van der Waals surface area contributed by atoms with Gasteiger partial charge in [0, 0.05) is 18.7 Å². The number of nitrogens with two attached hydrogens (primary N) is 1. The molecule has 1 aromatic rings. The van der Waals surface area contributed by atoms with Gasteiger partial charge in [0.15, 0.2) is 0 Å². The first kappa shape index (κ1) is 14.4. The monoisotopic (exact) mass is 273 g/mol. The van der Waals surface area contributed by atoms with E-state index in [-0.39, 0.29) is 16.3 Å². The highest BCUT2D eigenvalue weighted by molar-refractivity contribution is 7.89. The van der Waals surface area contributed by atoms with Crippen molar-refractivity contribution in [2.45, 2.75) is 24.7 Å². The summed E-state index contributed by atoms with van der Waals surface area (Å²) in [6.45, 7) is 2.25. The van der Waals surface area contributed by atoms with Crippen molar-refractivity contribution in [2.75, 3.05) is 12.3 Å². The number of sulfonamides is 1. The third-order valence-electron chi connectivity index (χ3n) is 2.32. The lowest BCUT2D eigenvalue weighted by Crippen LogP contribution is -2.25. The van der Waals surface area contributed by atoms with Gasteiger partial charge in [-0.1, -0.05) is 13.3 Å². The molecule has 100 valence electrons. The van der Waals surface area contributed by atoms with E-state index in [1.54, 1.807) is 0 Å². The summed E-state index contributed by atoms with van der Waals surface area (Å²) in [5.74, 6) is 0. The van der Waals surface area contributed by atoms with Gasteiger partial charge >= 0.3 is 0 Å². The lowest BCUT2D eigenvalue weighted by Gasteiger charge is -2.08. The summed E-state index contributed by atoms with van der Waals surface area (Å²) in [4.78, 5) is 9.75. The van der Waals surface area contributed by atoms with Crippen LogP contribution in [0.2, 0.25) is 0 Å². The molecule has 0 heterocycles. The molecule has 0 saturated carbocycles. The molecule has 0 aliphatic heterocycles. The topological polar surface area (TPSA) is 115 Å². The van der Waals surface area contributed by atoms with Crippen LogP contribution < -0.4 is 10.5 Å². The second-order valence-electron chi connectivity index (χ2n) is 3.73. The molecule has 3 N–H and O–H groups in total. The van der Waals surface area contributed by atoms with Crippen molar-refractivity contribution in [3.63, 3.8) is 0 Å². The normalized spacial score (nSPS) is 11.4. The lowest BCUT2D eigenvalue weighted by atomic mass is 10.3. The fourth-order valence-corrected chi connectivity index (χ4v) is 2.54. The van der Waals surface area contributed by atoms with Crippen LogP contribution in [-0.2, 0) is 10.0 Å². The van der Waals surface area contributed by atoms with Crippen LogP contribution in [0.15, 0.2) is 23.1 Å². The SMILES string of the molecule is CCCCNS(=O)(=O)c1ccc([N+](=O)[O-])cc1N. The quantitative estimate of drug-likeness (QED) is 0.350. The summed E-state index contributed by atoms with van der Waals surface area (Å²) < 4.78 is 26.1. The Bertz CT molecular complexity index is 542. The molecular formula is C10H15N3O4S. The number of nitro groups is 1. The van der Waals surface area contributed by atoms with Crippen LogP contribution >= 0.6 is 0 Å². The molecule has 0 fully saturated rings. The van der Waals surface area contributed by atoms with Gasteiger partial charge in [-0.25, -0.2) is 13.1 Å². The van der Waals surface area contributed by atoms with E-state index in [2.05, 4.69) is 4.72 Å². The van der Waals surface area contributed by atoms with E-state index in [4.69, 9.17) is 5.73 Å². The molecule has 0 spiro atoms. The van der Waals surface area contributed by atoms with E-state index in [0.717, 1.165) is 24.6 Å². The summed E-state index contributed by atoms with van der Waals surface area (Å²) >= 11 is 0. The summed E-state index contributed by atoms with van der Waals surface area (Å²) in [6, 6.07) is 3.29. The summed E-state index contributed by atoms with van der Waals surface area (Å²) in [5.41, 5.74) is 5.16. The van der Waals surface area contributed by atoms with E-state index >= 15 is 0 Å². The number of nitrogen functional groups attached to an aromatic ring is 1. The van der Waals surface area contributed by atoms with Crippen molar-refractivity contribution in [3.05, 3.63) is 28.3 Å². The predicted octanol–water partition coefficient (Wildman–Crippen LogP) is 1.26. The first-order valence-corrected chi connectivity index (χ1v) is 6.90. The largest absolute Gasteiger partial charge is 0.397 e. The predicted molar refractivity (Wildman–Crippen MR) is 67.6 cm³/mol. The smallest absolute Gasteiger partial charge is 0.271 e. The van der Waals surface area contributed by atoms with Gasteiger partial charge in [0.2, 0.25) is 10.0 Å². The third-order valence-corrected chi connectivity index (χ3v) is 3.85. The number of nitrogens with one attached hydrogen (secondary N) is 1. The zero-order chi connectivity index (χ0) is 13.8. The zero-order valence-electron chi connectivity index (χ0n) is 9.92. The van der Waals surface area contributed by atoms with Crippen LogP contribution in [-0.4, -0.2) is 19.9 Å². The number of anilines is 1. The lowest BCUT2D eigenvalue weighted by molar-refractivity contribution is -0.384. The minimum absolute atomic E-state index is 0.131. The highest BCUT2D eigenvalue weighted by atomic mass is 32.2. The average molecular weight is 273 g/mol. The Labute approximate surface area is 105 Å². The summed E-state index contributed by atoms with van der Waals surface area (Å²) in [7, 11) is -3.70. The Morgan fingerprint density at radius 2 is 2.11 bits per heavy atom. The number of non-ortho nitro benzene ring substituents is 1. The van der Waals surface area contributed by atoms with Crippen LogP contribution in [0, 0.1) is 10.1 Å². The molecule has 0 aromatic heterocycles. The highest BCUT2D eigenvalue weighted by Gasteiger charge is 2.19. The van der Waals surface area contributed by atoms with Crippen molar-refractivity contribution >= 4 is 21.4 Å². The Hall–Kier alpha value is -1.67. The summed E-state index contributed by atoms with van der Waals surface area (Å²) in [5, 5.41) is 10.5. The van der Waals surface area contributed by atoms with Crippen molar-refractivity contribution in [1.29, 1.82) is 0 Å². The second-order valence-corrected chi connectivity index (χ2v) is 5.47. The first-order chi connectivity index (χ1) is 8.38. The van der Waals surface area contributed by atoms with E-state index in [1.165, 1.54) is 0 Å². The number of hydrogen-bond acceptors (Lipinski definition) is 5. The van der Waals surface area contributed by atoms with Gasteiger partial charge in [-0.3, -0.25) is 10.1 Å². The number of hydrogen-bond donors (Lipinski definition) is 2. The van der Waals surface area contributed by atoms with Gasteiger partial charge < -0.3 is 5.73 Å². The molecule has 0 unspecified atom stereocenters.